The van der Waals surface area contributed by atoms with Crippen molar-refractivity contribution in [2.24, 2.45) is 0 Å². The van der Waals surface area contributed by atoms with E-state index in [9.17, 15) is 4.79 Å². The van der Waals surface area contributed by atoms with E-state index in [1.165, 1.54) is 6.92 Å². The van der Waals surface area contributed by atoms with Gasteiger partial charge < -0.3 is 20.7 Å². The van der Waals surface area contributed by atoms with Crippen molar-refractivity contribution in [1.82, 2.24) is 5.32 Å². The van der Waals surface area contributed by atoms with Gasteiger partial charge in [-0.2, -0.15) is 0 Å². The largest absolute Gasteiger partial charge is 0.376 e. The molecule has 1 fully saturated rings. The van der Waals surface area contributed by atoms with Crippen LogP contribution in [0.2, 0.25) is 0 Å². The molecule has 1 atom stereocenters. The summed E-state index contributed by atoms with van der Waals surface area (Å²) in [4.78, 5) is 10.9. The number of benzene rings is 1. The van der Waals surface area contributed by atoms with E-state index in [0.29, 0.717) is 5.11 Å². The Labute approximate surface area is 124 Å². The van der Waals surface area contributed by atoms with Crippen LogP contribution in [0.4, 0.5) is 11.4 Å². The maximum atomic E-state index is 10.9. The van der Waals surface area contributed by atoms with Crippen molar-refractivity contribution in [2.75, 3.05) is 23.8 Å². The van der Waals surface area contributed by atoms with Crippen LogP contribution in [-0.4, -0.2) is 30.3 Å². The highest BCUT2D eigenvalue weighted by Gasteiger charge is 2.15. The lowest BCUT2D eigenvalue weighted by Gasteiger charge is -2.14. The van der Waals surface area contributed by atoms with Crippen LogP contribution in [0.5, 0.6) is 0 Å². The molecular formula is C14H19N3O2S. The highest BCUT2D eigenvalue weighted by Crippen LogP contribution is 2.14. The van der Waals surface area contributed by atoms with E-state index in [-0.39, 0.29) is 12.0 Å². The van der Waals surface area contributed by atoms with E-state index in [1.807, 2.05) is 24.3 Å². The van der Waals surface area contributed by atoms with E-state index in [1.54, 1.807) is 0 Å². The number of anilines is 2. The molecule has 1 saturated heterocycles. The normalized spacial score (nSPS) is 17.6. The van der Waals surface area contributed by atoms with Crippen molar-refractivity contribution in [3.05, 3.63) is 24.3 Å². The van der Waals surface area contributed by atoms with Gasteiger partial charge in [-0.3, -0.25) is 4.79 Å². The smallest absolute Gasteiger partial charge is 0.221 e. The summed E-state index contributed by atoms with van der Waals surface area (Å²) >= 11 is 5.23. The number of carbonyl (C=O) groups is 1. The molecule has 1 aromatic rings. The Morgan fingerprint density at radius 1 is 1.30 bits per heavy atom. The zero-order valence-corrected chi connectivity index (χ0v) is 12.3. The number of amides is 1. The van der Waals surface area contributed by atoms with E-state index < -0.39 is 0 Å². The maximum Gasteiger partial charge on any atom is 0.221 e. The Bertz CT molecular complexity index is 470. The van der Waals surface area contributed by atoms with Crippen molar-refractivity contribution in [1.29, 1.82) is 0 Å². The first-order valence-electron chi connectivity index (χ1n) is 6.67. The molecule has 1 aliphatic rings. The van der Waals surface area contributed by atoms with Crippen molar-refractivity contribution in [3.63, 3.8) is 0 Å². The lowest BCUT2D eigenvalue weighted by molar-refractivity contribution is -0.114. The number of thiocarbonyl (C=S) groups is 1. The molecule has 1 heterocycles. The second-order valence-corrected chi connectivity index (χ2v) is 5.14. The van der Waals surface area contributed by atoms with Crippen LogP contribution >= 0.6 is 12.2 Å². The summed E-state index contributed by atoms with van der Waals surface area (Å²) in [6, 6.07) is 7.38. The molecule has 108 valence electrons. The van der Waals surface area contributed by atoms with Gasteiger partial charge in [-0.05, 0) is 49.3 Å². The number of rotatable bonds is 4. The number of carbonyl (C=O) groups excluding carboxylic acids is 1. The molecule has 0 aliphatic carbocycles. The standard InChI is InChI=1S/C14H19N3O2S/c1-10(18)16-11-4-6-12(7-5-11)17-14(20)15-9-13-3-2-8-19-13/h4-7,13H,2-3,8-9H2,1H3,(H,16,18)(H2,15,17,20)/t13-/m1/s1. The maximum absolute atomic E-state index is 10.9. The summed E-state index contributed by atoms with van der Waals surface area (Å²) in [7, 11) is 0. The highest BCUT2D eigenvalue weighted by molar-refractivity contribution is 7.80. The monoisotopic (exact) mass is 293 g/mol. The van der Waals surface area contributed by atoms with E-state index >= 15 is 0 Å². The van der Waals surface area contributed by atoms with E-state index in [4.69, 9.17) is 17.0 Å². The summed E-state index contributed by atoms with van der Waals surface area (Å²) in [5.41, 5.74) is 1.64. The molecule has 1 amide bonds. The Balaban J connectivity index is 1.76. The molecule has 0 aromatic heterocycles. The minimum absolute atomic E-state index is 0.0838. The van der Waals surface area contributed by atoms with Gasteiger partial charge in [-0.1, -0.05) is 0 Å². The predicted molar refractivity (Wildman–Crippen MR) is 83.9 cm³/mol. The summed E-state index contributed by atoms with van der Waals surface area (Å²) in [6.07, 6.45) is 2.47. The Kier molecular flexibility index (Phi) is 5.31. The molecule has 0 saturated carbocycles. The van der Waals surface area contributed by atoms with Crippen LogP contribution in [0, 0.1) is 0 Å². The number of ether oxygens (including phenoxy) is 1. The Hall–Kier alpha value is -1.66. The van der Waals surface area contributed by atoms with E-state index in [2.05, 4.69) is 16.0 Å². The third-order valence-corrected chi connectivity index (χ3v) is 3.22. The second kappa shape index (κ2) is 7.21. The third-order valence-electron chi connectivity index (χ3n) is 2.98. The zero-order chi connectivity index (χ0) is 14.4. The molecule has 5 nitrogen and oxygen atoms in total. The van der Waals surface area contributed by atoms with Crippen molar-refractivity contribution in [2.45, 2.75) is 25.9 Å². The van der Waals surface area contributed by atoms with Crippen molar-refractivity contribution < 1.29 is 9.53 Å². The summed E-state index contributed by atoms with van der Waals surface area (Å²) in [5, 5.41) is 9.54. The number of hydrogen-bond donors (Lipinski definition) is 3. The van der Waals surface area contributed by atoms with Gasteiger partial charge >= 0.3 is 0 Å². The van der Waals surface area contributed by atoms with Gasteiger partial charge in [0.2, 0.25) is 5.91 Å². The van der Waals surface area contributed by atoms with Crippen LogP contribution < -0.4 is 16.0 Å². The molecule has 1 aromatic carbocycles. The Morgan fingerprint density at radius 2 is 1.95 bits per heavy atom. The zero-order valence-electron chi connectivity index (χ0n) is 11.4. The van der Waals surface area contributed by atoms with Crippen LogP contribution in [-0.2, 0) is 9.53 Å². The van der Waals surface area contributed by atoms with Gasteiger partial charge in [-0.15, -0.1) is 0 Å². The molecule has 0 spiro atoms. The SMILES string of the molecule is CC(=O)Nc1ccc(NC(=S)NC[C@H]2CCCO2)cc1. The lowest BCUT2D eigenvalue weighted by Crippen LogP contribution is -2.34. The lowest BCUT2D eigenvalue weighted by atomic mass is 10.2. The summed E-state index contributed by atoms with van der Waals surface area (Å²) < 4.78 is 5.52. The minimum atomic E-state index is -0.0838. The van der Waals surface area contributed by atoms with Gasteiger partial charge in [0.15, 0.2) is 5.11 Å². The van der Waals surface area contributed by atoms with E-state index in [0.717, 1.165) is 37.4 Å². The number of hydrogen-bond acceptors (Lipinski definition) is 3. The highest BCUT2D eigenvalue weighted by atomic mass is 32.1. The molecule has 20 heavy (non-hydrogen) atoms. The molecule has 0 unspecified atom stereocenters. The third kappa shape index (κ3) is 4.79. The molecular weight excluding hydrogens is 274 g/mol. The fourth-order valence-corrected chi connectivity index (χ4v) is 2.23. The molecule has 0 radical (unpaired) electrons. The molecule has 2 rings (SSSR count). The van der Waals surface area contributed by atoms with Gasteiger partial charge in [0.25, 0.3) is 0 Å². The van der Waals surface area contributed by atoms with Gasteiger partial charge in [0.05, 0.1) is 6.10 Å². The van der Waals surface area contributed by atoms with Crippen molar-refractivity contribution in [3.8, 4) is 0 Å². The van der Waals surface area contributed by atoms with Crippen molar-refractivity contribution >= 4 is 34.6 Å². The topological polar surface area (TPSA) is 62.4 Å². The van der Waals surface area contributed by atoms with Crippen LogP contribution in [0.3, 0.4) is 0 Å². The predicted octanol–water partition coefficient (Wildman–Crippen LogP) is 2.11. The minimum Gasteiger partial charge on any atom is -0.376 e. The average molecular weight is 293 g/mol. The fraction of sp³-hybridized carbons (Fsp3) is 0.429. The Morgan fingerprint density at radius 3 is 2.50 bits per heavy atom. The van der Waals surface area contributed by atoms with Gasteiger partial charge in [0.1, 0.15) is 0 Å². The van der Waals surface area contributed by atoms with Crippen LogP contribution in [0.25, 0.3) is 0 Å². The number of nitrogens with one attached hydrogen (secondary N) is 3. The summed E-state index contributed by atoms with van der Waals surface area (Å²) in [5.74, 6) is -0.0838. The van der Waals surface area contributed by atoms with Crippen LogP contribution in [0.1, 0.15) is 19.8 Å². The summed E-state index contributed by atoms with van der Waals surface area (Å²) in [6.45, 7) is 3.06. The first kappa shape index (κ1) is 14.7. The fourth-order valence-electron chi connectivity index (χ4n) is 2.03. The molecule has 3 N–H and O–H groups in total. The molecule has 1 aliphatic heterocycles. The molecule has 6 heteroatoms. The second-order valence-electron chi connectivity index (χ2n) is 4.73. The first-order valence-corrected chi connectivity index (χ1v) is 7.08. The molecule has 0 bridgehead atoms. The quantitative estimate of drug-likeness (QED) is 0.742. The van der Waals surface area contributed by atoms with Crippen LogP contribution in [0.15, 0.2) is 24.3 Å². The average Bonchev–Trinajstić information content (AvgIpc) is 2.91. The van der Waals surface area contributed by atoms with Gasteiger partial charge in [0, 0.05) is 31.5 Å². The van der Waals surface area contributed by atoms with Gasteiger partial charge in [-0.25, -0.2) is 0 Å². The first-order chi connectivity index (χ1) is 9.63.